The first-order valence-corrected chi connectivity index (χ1v) is 13.9. The first kappa shape index (κ1) is 26.8. The number of sulfonamides is 2. The van der Waals surface area contributed by atoms with E-state index in [1.165, 1.54) is 57.7 Å². The molecule has 3 rings (SSSR count). The molecule has 192 valence electrons. The van der Waals surface area contributed by atoms with E-state index in [-0.39, 0.29) is 16.3 Å². The molecule has 0 aliphatic rings. The third-order valence-electron chi connectivity index (χ3n) is 5.28. The van der Waals surface area contributed by atoms with Crippen molar-refractivity contribution in [2.75, 3.05) is 48.0 Å². The Kier molecular flexibility index (Phi) is 8.10. The van der Waals surface area contributed by atoms with Gasteiger partial charge in [-0.15, -0.1) is 0 Å². The van der Waals surface area contributed by atoms with Gasteiger partial charge in [-0.2, -0.15) is 0 Å². The second kappa shape index (κ2) is 10.9. The predicted molar refractivity (Wildman–Crippen MR) is 139 cm³/mol. The zero-order valence-corrected chi connectivity index (χ0v) is 21.8. The van der Waals surface area contributed by atoms with E-state index in [0.29, 0.717) is 17.1 Å². The lowest BCUT2D eigenvalue weighted by Gasteiger charge is -2.25. The molecule has 0 spiro atoms. The number of hydrogen-bond acceptors (Lipinski definition) is 7. The van der Waals surface area contributed by atoms with Crippen LogP contribution in [-0.4, -0.2) is 56.8 Å². The Hall–Kier alpha value is -3.77. The second-order valence-electron chi connectivity index (χ2n) is 7.69. The second-order valence-corrected chi connectivity index (χ2v) is 11.6. The zero-order valence-electron chi connectivity index (χ0n) is 20.2. The van der Waals surface area contributed by atoms with Crippen LogP contribution in [0.3, 0.4) is 0 Å². The van der Waals surface area contributed by atoms with Crippen LogP contribution in [0.5, 0.6) is 11.5 Å². The zero-order chi connectivity index (χ0) is 26.5. The molecule has 0 saturated heterocycles. The lowest BCUT2D eigenvalue weighted by molar-refractivity contribution is -0.114. The quantitative estimate of drug-likeness (QED) is 0.425. The molecule has 36 heavy (non-hydrogen) atoms. The molecule has 0 bridgehead atoms. The number of carbonyl (C=O) groups excluding carboxylic acids is 1. The number of benzene rings is 3. The molecule has 0 fully saturated rings. The minimum atomic E-state index is -4.19. The normalized spacial score (nSPS) is 11.4. The number of anilines is 3. The molecule has 10 nitrogen and oxygen atoms in total. The number of amides is 1. The van der Waals surface area contributed by atoms with E-state index in [1.54, 1.807) is 36.4 Å². The van der Waals surface area contributed by atoms with Gasteiger partial charge in [-0.1, -0.05) is 18.2 Å². The molecule has 0 aliphatic heterocycles. The van der Waals surface area contributed by atoms with Crippen LogP contribution in [-0.2, 0) is 24.8 Å². The summed E-state index contributed by atoms with van der Waals surface area (Å²) in [5.41, 5.74) is 0.814. The number of para-hydroxylation sites is 2. The van der Waals surface area contributed by atoms with Gasteiger partial charge in [-0.05, 0) is 54.6 Å². The van der Waals surface area contributed by atoms with Crippen molar-refractivity contribution in [1.29, 1.82) is 0 Å². The summed E-state index contributed by atoms with van der Waals surface area (Å²) in [5, 5.41) is 2.64. The molecule has 3 aromatic rings. The van der Waals surface area contributed by atoms with E-state index in [2.05, 4.69) is 5.32 Å². The van der Waals surface area contributed by atoms with Crippen molar-refractivity contribution in [3.05, 3.63) is 72.8 Å². The molecule has 0 unspecified atom stereocenters. The van der Waals surface area contributed by atoms with Crippen LogP contribution >= 0.6 is 0 Å². The van der Waals surface area contributed by atoms with Crippen molar-refractivity contribution in [2.45, 2.75) is 4.90 Å². The molecule has 0 heterocycles. The molecular weight excluding hydrogens is 506 g/mol. The van der Waals surface area contributed by atoms with Crippen LogP contribution < -0.4 is 23.4 Å². The van der Waals surface area contributed by atoms with Gasteiger partial charge in [-0.3, -0.25) is 13.4 Å². The molecule has 0 radical (unpaired) electrons. The SMILES string of the molecule is COc1ccc(S(=O)(=O)N(CC(=O)Nc2cccc(N(C)S(C)(=O)=O)c2)c2ccccc2OC)cc1. The average Bonchev–Trinajstić information content (AvgIpc) is 2.86. The topological polar surface area (TPSA) is 122 Å². The maximum Gasteiger partial charge on any atom is 0.264 e. The van der Waals surface area contributed by atoms with Crippen LogP contribution in [0.1, 0.15) is 0 Å². The fourth-order valence-electron chi connectivity index (χ4n) is 3.31. The van der Waals surface area contributed by atoms with Gasteiger partial charge in [0.05, 0.1) is 36.7 Å². The number of nitrogens with zero attached hydrogens (tertiary/aromatic N) is 2. The standard InChI is InChI=1S/C24H27N3O7S2/c1-26(35(4,29)30)19-9-7-8-18(16-19)25-24(28)17-27(22-10-5-6-11-23(22)34-3)36(31,32)21-14-12-20(33-2)13-15-21/h5-16H,17H2,1-4H3,(H,25,28). The van der Waals surface area contributed by atoms with E-state index in [0.717, 1.165) is 14.9 Å². The summed E-state index contributed by atoms with van der Waals surface area (Å²) in [4.78, 5) is 13.0. The van der Waals surface area contributed by atoms with Crippen molar-refractivity contribution in [3.8, 4) is 11.5 Å². The summed E-state index contributed by atoms with van der Waals surface area (Å²) >= 11 is 0. The summed E-state index contributed by atoms with van der Waals surface area (Å²) in [6, 6.07) is 18.5. The molecular formula is C24H27N3O7S2. The predicted octanol–water partition coefficient (Wildman–Crippen LogP) is 2.93. The van der Waals surface area contributed by atoms with Gasteiger partial charge in [0, 0.05) is 12.7 Å². The van der Waals surface area contributed by atoms with Gasteiger partial charge in [0.25, 0.3) is 10.0 Å². The van der Waals surface area contributed by atoms with Crippen molar-refractivity contribution < 1.29 is 31.1 Å². The number of ether oxygens (including phenoxy) is 2. The van der Waals surface area contributed by atoms with Crippen LogP contribution in [0.25, 0.3) is 0 Å². The van der Waals surface area contributed by atoms with Crippen molar-refractivity contribution in [2.24, 2.45) is 0 Å². The number of carbonyl (C=O) groups is 1. The van der Waals surface area contributed by atoms with E-state index >= 15 is 0 Å². The van der Waals surface area contributed by atoms with Crippen LogP contribution in [0, 0.1) is 0 Å². The summed E-state index contributed by atoms with van der Waals surface area (Å²) in [6.45, 7) is -0.569. The molecule has 0 aromatic heterocycles. The number of hydrogen-bond donors (Lipinski definition) is 1. The van der Waals surface area contributed by atoms with E-state index in [9.17, 15) is 21.6 Å². The molecule has 0 aliphatic carbocycles. The highest BCUT2D eigenvalue weighted by Gasteiger charge is 2.29. The highest BCUT2D eigenvalue weighted by Crippen LogP contribution is 2.32. The van der Waals surface area contributed by atoms with Crippen LogP contribution in [0.4, 0.5) is 17.1 Å². The fourth-order valence-corrected chi connectivity index (χ4v) is 5.24. The van der Waals surface area contributed by atoms with Crippen LogP contribution in [0.2, 0.25) is 0 Å². The van der Waals surface area contributed by atoms with E-state index in [1.807, 2.05) is 0 Å². The van der Waals surface area contributed by atoms with Gasteiger partial charge < -0.3 is 14.8 Å². The summed E-state index contributed by atoms with van der Waals surface area (Å²) in [7, 11) is -3.44. The molecule has 1 N–H and O–H groups in total. The Labute approximate surface area is 211 Å². The average molecular weight is 534 g/mol. The minimum absolute atomic E-state index is 0.0428. The fraction of sp³-hybridized carbons (Fsp3) is 0.208. The highest BCUT2D eigenvalue weighted by atomic mass is 32.2. The summed E-state index contributed by atoms with van der Waals surface area (Å²) in [5.74, 6) is 0.103. The monoisotopic (exact) mass is 533 g/mol. The van der Waals surface area contributed by atoms with Gasteiger partial charge in [-0.25, -0.2) is 16.8 Å². The Morgan fingerprint density at radius 2 is 1.56 bits per heavy atom. The number of nitrogens with one attached hydrogen (secondary N) is 1. The third kappa shape index (κ3) is 6.07. The van der Waals surface area contributed by atoms with Gasteiger partial charge in [0.2, 0.25) is 15.9 Å². The molecule has 1 amide bonds. The lowest BCUT2D eigenvalue weighted by atomic mass is 10.2. The molecule has 12 heteroatoms. The minimum Gasteiger partial charge on any atom is -0.497 e. The van der Waals surface area contributed by atoms with Crippen molar-refractivity contribution in [1.82, 2.24) is 0 Å². The Balaban J connectivity index is 1.96. The Morgan fingerprint density at radius 1 is 0.889 bits per heavy atom. The Morgan fingerprint density at radius 3 is 2.17 bits per heavy atom. The van der Waals surface area contributed by atoms with Crippen LogP contribution in [0.15, 0.2) is 77.7 Å². The first-order chi connectivity index (χ1) is 17.0. The van der Waals surface area contributed by atoms with Gasteiger partial charge >= 0.3 is 0 Å². The van der Waals surface area contributed by atoms with Crippen molar-refractivity contribution in [3.63, 3.8) is 0 Å². The summed E-state index contributed by atoms with van der Waals surface area (Å²) < 4.78 is 63.4. The lowest BCUT2D eigenvalue weighted by Crippen LogP contribution is -2.38. The largest absolute Gasteiger partial charge is 0.497 e. The van der Waals surface area contributed by atoms with Crippen molar-refractivity contribution >= 4 is 43.0 Å². The molecule has 0 saturated carbocycles. The maximum absolute atomic E-state index is 13.6. The highest BCUT2D eigenvalue weighted by molar-refractivity contribution is 7.93. The van der Waals surface area contributed by atoms with E-state index in [4.69, 9.17) is 9.47 Å². The van der Waals surface area contributed by atoms with Gasteiger partial charge in [0.15, 0.2) is 0 Å². The number of methoxy groups -OCH3 is 2. The maximum atomic E-state index is 13.6. The van der Waals surface area contributed by atoms with E-state index < -0.39 is 32.5 Å². The van der Waals surface area contributed by atoms with Gasteiger partial charge in [0.1, 0.15) is 18.0 Å². The number of rotatable bonds is 10. The smallest absolute Gasteiger partial charge is 0.264 e. The molecule has 3 aromatic carbocycles. The Bertz CT molecular complexity index is 1440. The first-order valence-electron chi connectivity index (χ1n) is 10.6. The third-order valence-corrected chi connectivity index (χ3v) is 8.26. The molecule has 0 atom stereocenters. The summed E-state index contributed by atoms with van der Waals surface area (Å²) in [6.07, 6.45) is 1.06.